The van der Waals surface area contributed by atoms with Crippen LogP contribution in [0.25, 0.3) is 53.6 Å². The molecule has 1 atom stereocenters. The van der Waals surface area contributed by atoms with Gasteiger partial charge < -0.3 is 0 Å². The molecule has 0 fully saturated rings. The second-order valence-electron chi connectivity index (χ2n) is 10.5. The van der Waals surface area contributed by atoms with Gasteiger partial charge in [0.15, 0.2) is 0 Å². The maximum Gasteiger partial charge on any atom is 0.0737 e. The number of hydrogen-bond acceptors (Lipinski definition) is 1. The molecule has 0 N–H and O–H groups in total. The summed E-state index contributed by atoms with van der Waals surface area (Å²) < 4.78 is 3.91. The molecule has 0 bridgehead atoms. The van der Waals surface area contributed by atoms with Crippen molar-refractivity contribution in [1.82, 2.24) is 0 Å². The van der Waals surface area contributed by atoms with Gasteiger partial charge in [-0.1, -0.05) is 137 Å². The van der Waals surface area contributed by atoms with E-state index in [2.05, 4.69) is 143 Å². The zero-order chi connectivity index (χ0) is 25.7. The van der Waals surface area contributed by atoms with Crippen molar-refractivity contribution in [3.63, 3.8) is 0 Å². The van der Waals surface area contributed by atoms with Crippen LogP contribution in [0, 0.1) is 0 Å². The number of fused-ring (bicyclic) bond motifs is 14. The van der Waals surface area contributed by atoms with Crippen molar-refractivity contribution in [1.29, 1.82) is 0 Å². The maximum atomic E-state index is 4.01. The highest BCUT2D eigenvalue weighted by Crippen LogP contribution is 2.65. The second kappa shape index (κ2) is 7.79. The smallest absolute Gasteiger partial charge is 0.0737 e. The molecule has 7 aromatic rings. The first kappa shape index (κ1) is 21.9. The first-order valence-corrected chi connectivity index (χ1v) is 14.9. The fourth-order valence-corrected chi connectivity index (χ4v) is 9.39. The fourth-order valence-electron chi connectivity index (χ4n) is 7.33. The Hall–Kier alpha value is -3.98. The van der Waals surface area contributed by atoms with Crippen molar-refractivity contribution in [2.24, 2.45) is 0 Å². The van der Waals surface area contributed by atoms with Crippen LogP contribution < -0.4 is 0 Å². The lowest BCUT2D eigenvalue weighted by molar-refractivity contribution is 0.790. The van der Waals surface area contributed by atoms with Crippen molar-refractivity contribution in [2.45, 2.75) is 5.41 Å². The molecule has 1 aromatic heterocycles. The minimum Gasteiger partial charge on any atom is -0.134 e. The van der Waals surface area contributed by atoms with Crippen molar-refractivity contribution in [2.75, 3.05) is 0 Å². The summed E-state index contributed by atoms with van der Waals surface area (Å²) in [4.78, 5) is 0. The van der Waals surface area contributed by atoms with E-state index in [1.165, 1.54) is 80.3 Å². The quantitative estimate of drug-likeness (QED) is 0.182. The molecule has 2 aliphatic carbocycles. The third-order valence-electron chi connectivity index (χ3n) is 8.77. The molecule has 2 aliphatic rings. The van der Waals surface area contributed by atoms with E-state index < -0.39 is 0 Å². The molecule has 0 amide bonds. The van der Waals surface area contributed by atoms with Gasteiger partial charge in [0.05, 0.1) is 5.41 Å². The van der Waals surface area contributed by atoms with Gasteiger partial charge in [-0.2, -0.15) is 0 Å². The second-order valence-corrected chi connectivity index (χ2v) is 12.4. The lowest BCUT2D eigenvalue weighted by Crippen LogP contribution is -2.26. The molecule has 182 valence electrons. The lowest BCUT2D eigenvalue weighted by atomic mass is 9.70. The molecular weight excluding hydrogens is 556 g/mol. The van der Waals surface area contributed by atoms with E-state index in [0.717, 1.165) is 0 Å². The van der Waals surface area contributed by atoms with Crippen molar-refractivity contribution in [3.05, 3.63) is 154 Å². The largest absolute Gasteiger partial charge is 0.134 e. The molecule has 6 aromatic carbocycles. The Morgan fingerprint density at radius 3 is 1.95 bits per heavy atom. The molecule has 39 heavy (non-hydrogen) atoms. The van der Waals surface area contributed by atoms with Crippen molar-refractivity contribution < 1.29 is 0 Å². The van der Waals surface area contributed by atoms with Crippen LogP contribution in [0.5, 0.6) is 0 Å². The van der Waals surface area contributed by atoms with Gasteiger partial charge in [-0.05, 0) is 56.1 Å². The van der Waals surface area contributed by atoms with Crippen LogP contribution in [-0.2, 0) is 5.41 Å². The molecular formula is C37H21BrS. The highest BCUT2D eigenvalue weighted by atomic mass is 79.9. The summed E-state index contributed by atoms with van der Waals surface area (Å²) in [5.41, 5.74) is 13.1. The fraction of sp³-hybridized carbons (Fsp3) is 0.0270. The predicted molar refractivity (Wildman–Crippen MR) is 169 cm³/mol. The van der Waals surface area contributed by atoms with Crippen LogP contribution in [0.4, 0.5) is 0 Å². The number of hydrogen-bond donors (Lipinski definition) is 0. The van der Waals surface area contributed by atoms with Gasteiger partial charge in [-0.15, -0.1) is 11.3 Å². The van der Waals surface area contributed by atoms with Crippen LogP contribution in [0.2, 0.25) is 0 Å². The van der Waals surface area contributed by atoms with Crippen LogP contribution in [0.1, 0.15) is 22.3 Å². The summed E-state index contributed by atoms with van der Waals surface area (Å²) in [6.07, 6.45) is 0. The van der Waals surface area contributed by atoms with Crippen molar-refractivity contribution in [3.8, 4) is 33.4 Å². The Morgan fingerprint density at radius 1 is 0.462 bits per heavy atom. The van der Waals surface area contributed by atoms with Gasteiger partial charge in [0.25, 0.3) is 0 Å². The molecule has 9 rings (SSSR count). The molecule has 1 unspecified atom stereocenters. The van der Waals surface area contributed by atoms with Gasteiger partial charge in [0, 0.05) is 30.2 Å². The van der Waals surface area contributed by atoms with E-state index in [-0.39, 0.29) is 5.41 Å². The molecule has 1 heterocycles. The Balaban J connectivity index is 1.46. The highest BCUT2D eigenvalue weighted by Gasteiger charge is 2.53. The summed E-state index contributed by atoms with van der Waals surface area (Å²) in [7, 11) is 0. The van der Waals surface area contributed by atoms with E-state index in [0.29, 0.717) is 0 Å². The van der Waals surface area contributed by atoms with E-state index >= 15 is 0 Å². The third kappa shape index (κ3) is 2.64. The van der Waals surface area contributed by atoms with Gasteiger partial charge in [-0.25, -0.2) is 0 Å². The SMILES string of the molecule is Brc1cccc2c1C1(c3ccccc3-2)c2ccccc2-c2c1ccc1c2sc2c(-c3ccccc3)cccc21. The Bertz CT molecular complexity index is 2140. The summed E-state index contributed by atoms with van der Waals surface area (Å²) in [6.45, 7) is 0. The molecule has 1 spiro atoms. The summed E-state index contributed by atoms with van der Waals surface area (Å²) >= 11 is 5.96. The monoisotopic (exact) mass is 576 g/mol. The van der Waals surface area contributed by atoms with E-state index in [1.54, 1.807) is 0 Å². The van der Waals surface area contributed by atoms with E-state index in [1.807, 2.05) is 11.3 Å². The van der Waals surface area contributed by atoms with Crippen LogP contribution in [0.3, 0.4) is 0 Å². The van der Waals surface area contributed by atoms with Gasteiger partial charge in [-0.3, -0.25) is 0 Å². The molecule has 0 aliphatic heterocycles. The molecule has 2 heteroatoms. The standard InChI is InChI=1S/C37H21BrS/c38-32-19-9-15-25-24-12-4-6-17-29(24)37(34(25)32)30-18-7-5-13-28(30)33-31(37)21-20-27-26-16-8-14-23(35(26)39-36(27)33)22-10-2-1-3-11-22/h1-21H. The molecule has 0 nitrogen and oxygen atoms in total. The topological polar surface area (TPSA) is 0 Å². The number of thiophene rings is 1. The lowest BCUT2D eigenvalue weighted by Gasteiger charge is -2.31. The number of benzene rings is 6. The van der Waals surface area contributed by atoms with Crippen LogP contribution in [-0.4, -0.2) is 0 Å². The molecule has 0 saturated carbocycles. The Morgan fingerprint density at radius 2 is 1.10 bits per heavy atom. The normalized spacial score (nSPS) is 16.4. The third-order valence-corrected chi connectivity index (χ3v) is 10.7. The Kier molecular flexibility index (Phi) is 4.37. The minimum absolute atomic E-state index is 0.343. The van der Waals surface area contributed by atoms with E-state index in [4.69, 9.17) is 0 Å². The number of rotatable bonds is 1. The summed E-state index contributed by atoms with van der Waals surface area (Å²) in [5.74, 6) is 0. The van der Waals surface area contributed by atoms with Gasteiger partial charge in [0.2, 0.25) is 0 Å². The summed E-state index contributed by atoms with van der Waals surface area (Å²) in [6, 6.07) is 47.1. The first-order chi connectivity index (χ1) is 19.3. The van der Waals surface area contributed by atoms with Crippen LogP contribution >= 0.6 is 27.3 Å². The van der Waals surface area contributed by atoms with E-state index in [9.17, 15) is 0 Å². The zero-order valence-electron chi connectivity index (χ0n) is 20.9. The average molecular weight is 578 g/mol. The van der Waals surface area contributed by atoms with Gasteiger partial charge in [0.1, 0.15) is 0 Å². The van der Waals surface area contributed by atoms with Crippen LogP contribution in [0.15, 0.2) is 132 Å². The summed E-state index contributed by atoms with van der Waals surface area (Å²) in [5, 5.41) is 2.68. The predicted octanol–water partition coefficient (Wildman–Crippen LogP) is 10.8. The average Bonchev–Trinajstić information content (AvgIpc) is 3.62. The first-order valence-electron chi connectivity index (χ1n) is 13.3. The van der Waals surface area contributed by atoms with Crippen molar-refractivity contribution >= 4 is 47.4 Å². The molecule has 0 saturated heterocycles. The highest BCUT2D eigenvalue weighted by molar-refractivity contribution is 9.10. The minimum atomic E-state index is -0.343. The molecule has 0 radical (unpaired) electrons. The number of halogens is 1. The maximum absolute atomic E-state index is 4.01. The Labute approximate surface area is 239 Å². The zero-order valence-corrected chi connectivity index (χ0v) is 23.3. The van der Waals surface area contributed by atoms with Gasteiger partial charge >= 0.3 is 0 Å².